The van der Waals surface area contributed by atoms with E-state index in [2.05, 4.69) is 32.6 Å². The van der Waals surface area contributed by atoms with Crippen LogP contribution in [0.1, 0.15) is 18.4 Å². The maximum Gasteiger partial charge on any atom is 0.254 e. The topological polar surface area (TPSA) is 74.2 Å². The van der Waals surface area contributed by atoms with Crippen LogP contribution in [0, 0.1) is 17.1 Å². The fraction of sp³-hybridized carbons (Fsp3) is 0.182. The van der Waals surface area contributed by atoms with E-state index >= 15 is 0 Å². The zero-order valence-electron chi connectivity index (χ0n) is 16.5. The van der Waals surface area contributed by atoms with E-state index in [0.717, 1.165) is 0 Å². The number of methoxy groups -OCH3 is 1. The predicted octanol–water partition coefficient (Wildman–Crippen LogP) is 5.29. The first-order valence-corrected chi connectivity index (χ1v) is 11.0. The molecule has 8 heteroatoms. The largest absolute Gasteiger partial charge is 0.495 e. The van der Waals surface area contributed by atoms with Crippen molar-refractivity contribution in [3.05, 3.63) is 80.2 Å². The molecule has 1 aliphatic heterocycles. The lowest BCUT2D eigenvalue weighted by Gasteiger charge is -2.29. The molecule has 1 heterocycles. The zero-order valence-corrected chi connectivity index (χ0v) is 18.9. The van der Waals surface area contributed by atoms with Crippen LogP contribution < -0.4 is 15.4 Å². The number of halogens is 2. The van der Waals surface area contributed by atoms with Crippen LogP contribution in [0.25, 0.3) is 0 Å². The van der Waals surface area contributed by atoms with Crippen molar-refractivity contribution >= 4 is 39.3 Å². The fourth-order valence-corrected chi connectivity index (χ4v) is 4.33. The molecular formula is C22H19BrFN3O2S. The number of allylic oxidation sites excluding steroid dienone is 2. The van der Waals surface area contributed by atoms with Crippen LogP contribution >= 0.6 is 27.7 Å². The molecule has 2 aromatic carbocycles. The summed E-state index contributed by atoms with van der Waals surface area (Å²) in [6, 6.07) is 13.8. The molecule has 1 unspecified atom stereocenters. The van der Waals surface area contributed by atoms with Crippen LogP contribution in [0.4, 0.5) is 10.1 Å². The SMILES string of the molecule is COc1ccccc1NC(=O)C1=C(C)NC(SC)=C(C#N)C1c1ccc(Br)cc1F. The van der Waals surface area contributed by atoms with Gasteiger partial charge in [-0.15, -0.1) is 11.8 Å². The molecule has 1 atom stereocenters. The number of carbonyl (C=O) groups excluding carboxylic acids is 1. The molecule has 1 aliphatic rings. The minimum absolute atomic E-state index is 0.257. The van der Waals surface area contributed by atoms with Gasteiger partial charge in [0, 0.05) is 21.3 Å². The number of ether oxygens (including phenoxy) is 1. The first-order chi connectivity index (χ1) is 14.4. The maximum atomic E-state index is 14.9. The van der Waals surface area contributed by atoms with Gasteiger partial charge in [-0.05, 0) is 37.4 Å². The summed E-state index contributed by atoms with van der Waals surface area (Å²) in [7, 11) is 1.51. The highest BCUT2D eigenvalue weighted by Crippen LogP contribution is 2.42. The number of dihydropyridines is 1. The van der Waals surface area contributed by atoms with Crippen LogP contribution in [0.5, 0.6) is 5.75 Å². The molecule has 0 bridgehead atoms. The van der Waals surface area contributed by atoms with E-state index in [-0.39, 0.29) is 11.1 Å². The minimum Gasteiger partial charge on any atom is -0.495 e. The van der Waals surface area contributed by atoms with Crippen LogP contribution in [0.3, 0.4) is 0 Å². The summed E-state index contributed by atoms with van der Waals surface area (Å²) in [5.41, 5.74) is 1.86. The van der Waals surface area contributed by atoms with Crippen LogP contribution in [-0.4, -0.2) is 19.3 Å². The van der Waals surface area contributed by atoms with Gasteiger partial charge in [0.15, 0.2) is 0 Å². The Balaban J connectivity index is 2.12. The number of rotatable bonds is 5. The Hall–Kier alpha value is -2.76. The Kier molecular flexibility index (Phi) is 6.85. The second kappa shape index (κ2) is 9.37. The highest BCUT2D eigenvalue weighted by Gasteiger charge is 2.36. The van der Waals surface area contributed by atoms with Gasteiger partial charge in [0.05, 0.1) is 35.4 Å². The zero-order chi connectivity index (χ0) is 21.8. The van der Waals surface area contributed by atoms with Crippen molar-refractivity contribution in [3.8, 4) is 11.8 Å². The van der Waals surface area contributed by atoms with Crippen molar-refractivity contribution in [2.45, 2.75) is 12.8 Å². The second-order valence-electron chi connectivity index (χ2n) is 6.48. The van der Waals surface area contributed by atoms with Gasteiger partial charge >= 0.3 is 0 Å². The lowest BCUT2D eigenvalue weighted by atomic mass is 9.82. The Morgan fingerprint density at radius 3 is 2.70 bits per heavy atom. The molecular weight excluding hydrogens is 469 g/mol. The van der Waals surface area contributed by atoms with E-state index in [1.54, 1.807) is 43.3 Å². The molecule has 0 saturated carbocycles. The highest BCUT2D eigenvalue weighted by atomic mass is 79.9. The minimum atomic E-state index is -0.846. The quantitative estimate of drug-likeness (QED) is 0.598. The van der Waals surface area contributed by atoms with E-state index < -0.39 is 17.6 Å². The average Bonchev–Trinajstić information content (AvgIpc) is 2.73. The first-order valence-electron chi connectivity index (χ1n) is 8.96. The number of carbonyl (C=O) groups is 1. The van der Waals surface area contributed by atoms with Crippen molar-refractivity contribution in [2.75, 3.05) is 18.7 Å². The molecule has 0 saturated heterocycles. The summed E-state index contributed by atoms with van der Waals surface area (Å²) in [6.07, 6.45) is 1.82. The molecule has 0 fully saturated rings. The van der Waals surface area contributed by atoms with Crippen LogP contribution in [0.15, 0.2) is 68.8 Å². The number of nitrogens with one attached hydrogen (secondary N) is 2. The van der Waals surface area contributed by atoms with E-state index in [0.29, 0.717) is 32.2 Å². The molecule has 0 radical (unpaired) electrons. The Morgan fingerprint density at radius 2 is 2.07 bits per heavy atom. The number of benzene rings is 2. The summed E-state index contributed by atoms with van der Waals surface area (Å²) < 4.78 is 20.8. The van der Waals surface area contributed by atoms with Crippen LogP contribution in [0.2, 0.25) is 0 Å². The van der Waals surface area contributed by atoms with Crippen molar-refractivity contribution < 1.29 is 13.9 Å². The summed E-state index contributed by atoms with van der Waals surface area (Å²) in [5.74, 6) is -1.29. The van der Waals surface area contributed by atoms with Crippen molar-refractivity contribution in [1.29, 1.82) is 5.26 Å². The Labute approximate surface area is 187 Å². The number of anilines is 1. The van der Waals surface area contributed by atoms with E-state index in [9.17, 15) is 14.4 Å². The normalized spacial score (nSPS) is 16.1. The number of para-hydroxylation sites is 2. The second-order valence-corrected chi connectivity index (χ2v) is 8.21. The van der Waals surface area contributed by atoms with Crippen molar-refractivity contribution in [1.82, 2.24) is 5.32 Å². The van der Waals surface area contributed by atoms with Gasteiger partial charge in [-0.25, -0.2) is 4.39 Å². The van der Waals surface area contributed by atoms with Gasteiger partial charge < -0.3 is 15.4 Å². The Bertz CT molecular complexity index is 1110. The average molecular weight is 488 g/mol. The highest BCUT2D eigenvalue weighted by molar-refractivity contribution is 9.10. The summed E-state index contributed by atoms with van der Waals surface area (Å²) in [6.45, 7) is 1.74. The number of hydrogen-bond acceptors (Lipinski definition) is 5. The van der Waals surface area contributed by atoms with Crippen molar-refractivity contribution in [3.63, 3.8) is 0 Å². The molecule has 1 amide bonds. The third-order valence-corrected chi connectivity index (χ3v) is 5.95. The monoisotopic (exact) mass is 487 g/mol. The summed E-state index contributed by atoms with van der Waals surface area (Å²) >= 11 is 4.60. The predicted molar refractivity (Wildman–Crippen MR) is 120 cm³/mol. The lowest BCUT2D eigenvalue weighted by Crippen LogP contribution is -2.31. The van der Waals surface area contributed by atoms with Gasteiger partial charge in [-0.2, -0.15) is 5.26 Å². The number of hydrogen-bond donors (Lipinski definition) is 2. The molecule has 0 aliphatic carbocycles. The Morgan fingerprint density at radius 1 is 1.33 bits per heavy atom. The van der Waals surface area contributed by atoms with E-state index in [1.807, 2.05) is 6.26 Å². The van der Waals surface area contributed by atoms with Crippen LogP contribution in [-0.2, 0) is 4.79 Å². The summed E-state index contributed by atoms with van der Waals surface area (Å²) in [4.78, 5) is 13.3. The molecule has 2 aromatic rings. The van der Waals surface area contributed by atoms with Gasteiger partial charge in [-0.3, -0.25) is 4.79 Å². The third-order valence-electron chi connectivity index (χ3n) is 4.72. The van der Waals surface area contributed by atoms with Gasteiger partial charge in [0.25, 0.3) is 5.91 Å². The number of nitriles is 1. The molecule has 3 rings (SSSR count). The van der Waals surface area contributed by atoms with E-state index in [1.165, 1.54) is 24.9 Å². The molecule has 5 nitrogen and oxygen atoms in total. The summed E-state index contributed by atoms with van der Waals surface area (Å²) in [5, 5.41) is 16.4. The number of nitrogens with zero attached hydrogens (tertiary/aromatic N) is 1. The third kappa shape index (κ3) is 4.23. The van der Waals surface area contributed by atoms with E-state index in [4.69, 9.17) is 4.74 Å². The molecule has 2 N–H and O–H groups in total. The van der Waals surface area contributed by atoms with Crippen molar-refractivity contribution in [2.24, 2.45) is 0 Å². The number of amides is 1. The number of thioether (sulfide) groups is 1. The lowest BCUT2D eigenvalue weighted by molar-refractivity contribution is -0.113. The standard InChI is InChI=1S/C22H19BrFN3O2S/c1-12-19(21(28)27-17-6-4-5-7-18(17)29-2)20(15(11-25)22(26-12)30-3)14-9-8-13(23)10-16(14)24/h4-10,20,26H,1-3H3,(H,27,28). The van der Waals surface area contributed by atoms with Gasteiger partial charge in [-0.1, -0.05) is 34.1 Å². The first kappa shape index (κ1) is 21.9. The van der Waals surface area contributed by atoms with Gasteiger partial charge in [0.1, 0.15) is 11.6 Å². The fourth-order valence-electron chi connectivity index (χ4n) is 3.36. The molecule has 0 spiro atoms. The van der Waals surface area contributed by atoms with Gasteiger partial charge in [0.2, 0.25) is 0 Å². The maximum absolute atomic E-state index is 14.9. The molecule has 154 valence electrons. The smallest absolute Gasteiger partial charge is 0.254 e. The molecule has 30 heavy (non-hydrogen) atoms. The molecule has 0 aromatic heterocycles.